The van der Waals surface area contributed by atoms with Crippen molar-refractivity contribution in [1.82, 2.24) is 4.72 Å². The van der Waals surface area contributed by atoms with Crippen LogP contribution in [-0.2, 0) is 21.4 Å². The molecule has 0 saturated carbocycles. The minimum absolute atomic E-state index is 0.114. The fraction of sp³-hybridized carbons (Fsp3) is 0.235. The van der Waals surface area contributed by atoms with Gasteiger partial charge in [0.15, 0.2) is 0 Å². The summed E-state index contributed by atoms with van der Waals surface area (Å²) in [6.07, 6.45) is 1.43. The summed E-state index contributed by atoms with van der Waals surface area (Å²) in [7, 11) is -3.57. The first-order valence-corrected chi connectivity index (χ1v) is 9.88. The van der Waals surface area contributed by atoms with E-state index in [0.29, 0.717) is 13.0 Å². The topological polar surface area (TPSA) is 66.5 Å². The second-order valence-electron chi connectivity index (χ2n) is 5.60. The number of sulfonamides is 1. The van der Waals surface area contributed by atoms with Crippen molar-refractivity contribution in [1.29, 1.82) is 0 Å². The van der Waals surface area contributed by atoms with E-state index in [4.69, 9.17) is 0 Å². The van der Waals surface area contributed by atoms with Crippen molar-refractivity contribution in [3.8, 4) is 0 Å². The highest BCUT2D eigenvalue weighted by atomic mass is 79.9. The van der Waals surface area contributed by atoms with Crippen molar-refractivity contribution < 1.29 is 13.2 Å². The molecule has 1 aliphatic rings. The molecule has 0 bridgehead atoms. The van der Waals surface area contributed by atoms with Gasteiger partial charge in [-0.1, -0.05) is 28.1 Å². The molecular weight excluding hydrogens is 392 g/mol. The Balaban J connectivity index is 1.72. The molecule has 1 amide bonds. The molecule has 3 rings (SSSR count). The Hall–Kier alpha value is -1.70. The van der Waals surface area contributed by atoms with Crippen LogP contribution in [0.2, 0.25) is 0 Å². The Bertz CT molecular complexity index is 850. The van der Waals surface area contributed by atoms with Crippen LogP contribution in [0.1, 0.15) is 18.4 Å². The summed E-state index contributed by atoms with van der Waals surface area (Å²) in [6, 6.07) is 13.9. The van der Waals surface area contributed by atoms with Crippen LogP contribution >= 0.6 is 15.9 Å². The van der Waals surface area contributed by atoms with Crippen molar-refractivity contribution in [3.63, 3.8) is 0 Å². The molecule has 1 fully saturated rings. The molecule has 126 valence electrons. The summed E-state index contributed by atoms with van der Waals surface area (Å²) in [5.41, 5.74) is 1.63. The van der Waals surface area contributed by atoms with Crippen LogP contribution in [-0.4, -0.2) is 20.9 Å². The monoisotopic (exact) mass is 408 g/mol. The molecule has 0 spiro atoms. The fourth-order valence-electron chi connectivity index (χ4n) is 2.63. The SMILES string of the molecule is O=C1CCCN1c1cccc(CNS(=O)(=O)c2ccc(Br)cc2)c1. The number of hydrogen-bond donors (Lipinski definition) is 1. The quantitative estimate of drug-likeness (QED) is 0.826. The lowest BCUT2D eigenvalue weighted by atomic mass is 10.2. The minimum atomic E-state index is -3.57. The van der Waals surface area contributed by atoms with Gasteiger partial charge in [-0.25, -0.2) is 13.1 Å². The van der Waals surface area contributed by atoms with Gasteiger partial charge in [-0.15, -0.1) is 0 Å². The minimum Gasteiger partial charge on any atom is -0.312 e. The number of carbonyl (C=O) groups is 1. The van der Waals surface area contributed by atoms with E-state index in [2.05, 4.69) is 20.7 Å². The molecule has 0 aliphatic carbocycles. The number of nitrogens with zero attached hydrogens (tertiary/aromatic N) is 1. The lowest BCUT2D eigenvalue weighted by molar-refractivity contribution is -0.117. The van der Waals surface area contributed by atoms with Gasteiger partial charge < -0.3 is 4.90 Å². The van der Waals surface area contributed by atoms with E-state index in [9.17, 15) is 13.2 Å². The van der Waals surface area contributed by atoms with Crippen LogP contribution in [0, 0.1) is 0 Å². The molecule has 7 heteroatoms. The Labute approximate surface area is 149 Å². The molecule has 1 heterocycles. The average molecular weight is 409 g/mol. The molecular formula is C17H17BrN2O3S. The molecule has 0 radical (unpaired) electrons. The lowest BCUT2D eigenvalue weighted by Gasteiger charge is -2.16. The number of halogens is 1. The first kappa shape index (κ1) is 17.1. The molecule has 24 heavy (non-hydrogen) atoms. The molecule has 5 nitrogen and oxygen atoms in total. The van der Waals surface area contributed by atoms with Gasteiger partial charge in [0.2, 0.25) is 15.9 Å². The molecule has 0 atom stereocenters. The highest BCUT2D eigenvalue weighted by Gasteiger charge is 2.21. The zero-order valence-corrected chi connectivity index (χ0v) is 15.3. The van der Waals surface area contributed by atoms with E-state index in [1.165, 1.54) is 0 Å². The molecule has 1 N–H and O–H groups in total. The molecule has 1 aliphatic heterocycles. The predicted molar refractivity (Wildman–Crippen MR) is 96.2 cm³/mol. The van der Waals surface area contributed by atoms with E-state index in [-0.39, 0.29) is 17.3 Å². The highest BCUT2D eigenvalue weighted by Crippen LogP contribution is 2.22. The summed E-state index contributed by atoms with van der Waals surface area (Å²) < 4.78 is 28.1. The molecule has 0 unspecified atom stereocenters. The van der Waals surface area contributed by atoms with Crippen LogP contribution in [0.15, 0.2) is 57.9 Å². The average Bonchev–Trinajstić information content (AvgIpc) is 3.00. The van der Waals surface area contributed by atoms with Crippen molar-refractivity contribution in [2.75, 3.05) is 11.4 Å². The van der Waals surface area contributed by atoms with E-state index in [1.54, 1.807) is 29.2 Å². The summed E-state index contributed by atoms with van der Waals surface area (Å²) >= 11 is 3.29. The van der Waals surface area contributed by atoms with Gasteiger partial charge in [0.1, 0.15) is 0 Å². The van der Waals surface area contributed by atoms with Crippen LogP contribution in [0.3, 0.4) is 0 Å². The summed E-state index contributed by atoms with van der Waals surface area (Å²) in [6.45, 7) is 0.890. The van der Waals surface area contributed by atoms with Crippen LogP contribution in [0.5, 0.6) is 0 Å². The second kappa shape index (κ2) is 7.04. The van der Waals surface area contributed by atoms with Gasteiger partial charge in [-0.05, 0) is 48.4 Å². The van der Waals surface area contributed by atoms with E-state index < -0.39 is 10.0 Å². The maximum absolute atomic E-state index is 12.3. The van der Waals surface area contributed by atoms with Gasteiger partial charge >= 0.3 is 0 Å². The normalized spacial score (nSPS) is 15.0. The summed E-state index contributed by atoms with van der Waals surface area (Å²) in [5, 5.41) is 0. The van der Waals surface area contributed by atoms with Crippen molar-refractivity contribution >= 4 is 37.5 Å². The Kier molecular flexibility index (Phi) is 5.03. The zero-order chi connectivity index (χ0) is 17.2. The highest BCUT2D eigenvalue weighted by molar-refractivity contribution is 9.10. The third-order valence-corrected chi connectivity index (χ3v) is 5.83. The van der Waals surface area contributed by atoms with Crippen molar-refractivity contribution in [3.05, 3.63) is 58.6 Å². The first-order chi connectivity index (χ1) is 11.5. The Morgan fingerprint density at radius 3 is 2.54 bits per heavy atom. The van der Waals surface area contributed by atoms with Gasteiger partial charge in [-0.3, -0.25) is 4.79 Å². The summed E-state index contributed by atoms with van der Waals surface area (Å²) in [5.74, 6) is 0.114. The van der Waals surface area contributed by atoms with E-state index in [1.807, 2.05) is 24.3 Å². The number of benzene rings is 2. The standard InChI is InChI=1S/C17H17BrN2O3S/c18-14-6-8-16(9-7-14)24(22,23)19-12-13-3-1-4-15(11-13)20-10-2-5-17(20)21/h1,3-4,6-9,11,19H,2,5,10,12H2. The molecule has 2 aromatic carbocycles. The molecule has 0 aromatic heterocycles. The van der Waals surface area contributed by atoms with E-state index >= 15 is 0 Å². The number of anilines is 1. The Morgan fingerprint density at radius 2 is 1.88 bits per heavy atom. The van der Waals surface area contributed by atoms with Crippen molar-refractivity contribution in [2.24, 2.45) is 0 Å². The number of rotatable bonds is 5. The zero-order valence-electron chi connectivity index (χ0n) is 12.9. The molecule has 2 aromatic rings. The fourth-order valence-corrected chi connectivity index (χ4v) is 3.91. The number of carbonyl (C=O) groups excluding carboxylic acids is 1. The predicted octanol–water partition coefficient (Wildman–Crippen LogP) is 3.05. The largest absolute Gasteiger partial charge is 0.312 e. The lowest BCUT2D eigenvalue weighted by Crippen LogP contribution is -2.25. The van der Waals surface area contributed by atoms with Crippen LogP contribution < -0.4 is 9.62 Å². The first-order valence-electron chi connectivity index (χ1n) is 7.60. The maximum Gasteiger partial charge on any atom is 0.240 e. The maximum atomic E-state index is 12.3. The smallest absolute Gasteiger partial charge is 0.240 e. The number of hydrogen-bond acceptors (Lipinski definition) is 3. The van der Waals surface area contributed by atoms with Gasteiger partial charge in [0, 0.05) is 29.7 Å². The van der Waals surface area contributed by atoms with Crippen LogP contribution in [0.4, 0.5) is 5.69 Å². The number of amides is 1. The third-order valence-electron chi connectivity index (χ3n) is 3.89. The second-order valence-corrected chi connectivity index (χ2v) is 8.28. The number of nitrogens with one attached hydrogen (secondary N) is 1. The Morgan fingerprint density at radius 1 is 1.12 bits per heavy atom. The van der Waals surface area contributed by atoms with E-state index in [0.717, 1.165) is 22.1 Å². The van der Waals surface area contributed by atoms with Crippen LogP contribution in [0.25, 0.3) is 0 Å². The van der Waals surface area contributed by atoms with Gasteiger partial charge in [0.05, 0.1) is 4.90 Å². The van der Waals surface area contributed by atoms with Gasteiger partial charge in [-0.2, -0.15) is 0 Å². The third kappa shape index (κ3) is 3.85. The molecule has 1 saturated heterocycles. The summed E-state index contributed by atoms with van der Waals surface area (Å²) in [4.78, 5) is 13.8. The van der Waals surface area contributed by atoms with Crippen molar-refractivity contribution in [2.45, 2.75) is 24.3 Å². The van der Waals surface area contributed by atoms with Gasteiger partial charge in [0.25, 0.3) is 0 Å².